The van der Waals surface area contributed by atoms with Gasteiger partial charge in [0.15, 0.2) is 11.6 Å². The summed E-state index contributed by atoms with van der Waals surface area (Å²) in [5.41, 5.74) is 4.33. The molecule has 3 aromatic rings. The smallest absolute Gasteiger partial charge is 0.269 e. The lowest BCUT2D eigenvalue weighted by Gasteiger charge is -2.31. The van der Waals surface area contributed by atoms with E-state index >= 15 is 0 Å². The van der Waals surface area contributed by atoms with Crippen LogP contribution in [-0.2, 0) is 4.79 Å². The zero-order chi connectivity index (χ0) is 19.3. The number of anilines is 1. The van der Waals surface area contributed by atoms with Crippen LogP contribution in [0.3, 0.4) is 0 Å². The Hall–Kier alpha value is -3.26. The van der Waals surface area contributed by atoms with E-state index in [1.54, 1.807) is 23.5 Å². The van der Waals surface area contributed by atoms with Crippen LogP contribution in [0.1, 0.15) is 35.6 Å². The third kappa shape index (κ3) is 2.56. The Morgan fingerprint density at radius 3 is 2.71 bits per heavy atom. The van der Waals surface area contributed by atoms with Gasteiger partial charge in [0.2, 0.25) is 0 Å². The summed E-state index contributed by atoms with van der Waals surface area (Å²) in [5.74, 6) is 0.719. The van der Waals surface area contributed by atoms with Gasteiger partial charge in [0.1, 0.15) is 0 Å². The van der Waals surface area contributed by atoms with Crippen molar-refractivity contribution >= 4 is 28.6 Å². The number of ketones is 1. The van der Waals surface area contributed by atoms with Gasteiger partial charge in [0.05, 0.1) is 16.5 Å². The highest BCUT2D eigenvalue weighted by molar-refractivity contribution is 7.10. The number of allylic oxidation sites excluding steroid dienone is 2. The van der Waals surface area contributed by atoms with Crippen LogP contribution in [0.2, 0.25) is 0 Å². The highest BCUT2D eigenvalue weighted by Crippen LogP contribution is 2.49. The Kier molecular flexibility index (Phi) is 3.87. The average Bonchev–Trinajstić information content (AvgIpc) is 3.37. The van der Waals surface area contributed by atoms with Crippen LogP contribution in [0, 0.1) is 10.1 Å². The number of nitrogens with zero attached hydrogens (tertiary/aromatic N) is 2. The van der Waals surface area contributed by atoms with Crippen LogP contribution in [-0.4, -0.2) is 20.9 Å². The molecular formula is C20H16N4O3S. The maximum Gasteiger partial charge on any atom is 0.269 e. The number of aromatic amines is 1. The largest absolute Gasteiger partial charge is 0.342 e. The van der Waals surface area contributed by atoms with Crippen LogP contribution in [0.15, 0.2) is 53.0 Å². The number of benzene rings is 1. The molecule has 0 amide bonds. The molecule has 0 spiro atoms. The summed E-state index contributed by atoms with van der Waals surface area (Å²) in [4.78, 5) is 24.5. The molecule has 140 valence electrons. The van der Waals surface area contributed by atoms with Gasteiger partial charge in [-0.15, -0.1) is 11.3 Å². The fourth-order valence-corrected chi connectivity index (χ4v) is 4.90. The number of non-ortho nitro benzene ring substituents is 1. The number of nitro benzene ring substituents is 1. The highest BCUT2D eigenvalue weighted by Gasteiger charge is 2.38. The van der Waals surface area contributed by atoms with E-state index < -0.39 is 4.92 Å². The minimum Gasteiger partial charge on any atom is -0.342 e. The number of H-pyrrole nitrogens is 1. The van der Waals surface area contributed by atoms with Crippen molar-refractivity contribution in [3.8, 4) is 11.3 Å². The van der Waals surface area contributed by atoms with Crippen LogP contribution < -0.4 is 5.32 Å². The van der Waals surface area contributed by atoms with Crippen molar-refractivity contribution in [1.29, 1.82) is 0 Å². The SMILES string of the molecule is O=C1CCCC2=C1C(c1cccs1)c1c(n[nH]c1-c1ccc([N+](=O)[O-])cc1)N2. The summed E-state index contributed by atoms with van der Waals surface area (Å²) in [6, 6.07) is 10.4. The molecule has 0 radical (unpaired) electrons. The van der Waals surface area contributed by atoms with E-state index in [2.05, 4.69) is 15.5 Å². The third-order valence-electron chi connectivity index (χ3n) is 5.30. The Morgan fingerprint density at radius 1 is 1.18 bits per heavy atom. The quantitative estimate of drug-likeness (QED) is 0.501. The standard InChI is InChI=1S/C20H16N4O3S/c25-14-4-1-3-13-16(14)17(15-5-2-10-28-15)18-19(22-23-20(18)21-13)11-6-8-12(9-7-11)24(26)27/h2,5-10,17H,1,3-4H2,(H2,21,22,23). The number of nitro groups is 1. The van der Waals surface area contributed by atoms with Crippen molar-refractivity contribution in [3.63, 3.8) is 0 Å². The minimum absolute atomic E-state index is 0.0394. The number of hydrogen-bond donors (Lipinski definition) is 2. The van der Waals surface area contributed by atoms with Crippen molar-refractivity contribution in [1.82, 2.24) is 10.2 Å². The van der Waals surface area contributed by atoms with Crippen molar-refractivity contribution in [2.45, 2.75) is 25.2 Å². The number of aromatic nitrogens is 2. The second-order valence-electron chi connectivity index (χ2n) is 6.91. The van der Waals surface area contributed by atoms with Gasteiger partial charge in [-0.3, -0.25) is 20.0 Å². The number of thiophene rings is 1. The Bertz CT molecular complexity index is 1110. The van der Waals surface area contributed by atoms with E-state index in [1.807, 2.05) is 17.5 Å². The van der Waals surface area contributed by atoms with E-state index in [9.17, 15) is 14.9 Å². The molecule has 1 aliphatic carbocycles. The van der Waals surface area contributed by atoms with E-state index in [1.165, 1.54) is 12.1 Å². The Morgan fingerprint density at radius 2 is 2.00 bits per heavy atom. The number of Topliss-reactive ketones (excluding diaryl/α,β-unsaturated/α-hetero) is 1. The lowest BCUT2D eigenvalue weighted by Crippen LogP contribution is -2.26. The van der Waals surface area contributed by atoms with Gasteiger partial charge >= 0.3 is 0 Å². The van der Waals surface area contributed by atoms with E-state index in [0.29, 0.717) is 6.42 Å². The first kappa shape index (κ1) is 16.9. The highest BCUT2D eigenvalue weighted by atomic mass is 32.1. The second kappa shape index (κ2) is 6.42. The number of hydrogen-bond acceptors (Lipinski definition) is 6. The molecule has 8 heteroatoms. The predicted molar refractivity (Wildman–Crippen MR) is 106 cm³/mol. The van der Waals surface area contributed by atoms with Crippen molar-refractivity contribution in [2.75, 3.05) is 5.32 Å². The second-order valence-corrected chi connectivity index (χ2v) is 7.89. The minimum atomic E-state index is -0.417. The number of nitrogens with one attached hydrogen (secondary N) is 2. The molecule has 28 heavy (non-hydrogen) atoms. The van der Waals surface area contributed by atoms with Gasteiger partial charge in [-0.2, -0.15) is 5.10 Å². The first-order valence-corrected chi connectivity index (χ1v) is 9.91. The van der Waals surface area contributed by atoms with Crippen LogP contribution in [0.5, 0.6) is 0 Å². The molecule has 2 N–H and O–H groups in total. The van der Waals surface area contributed by atoms with Gasteiger partial charge in [0.25, 0.3) is 5.69 Å². The molecule has 7 nitrogen and oxygen atoms in total. The molecule has 1 atom stereocenters. The average molecular weight is 392 g/mol. The zero-order valence-electron chi connectivity index (χ0n) is 14.8. The Balaban J connectivity index is 1.68. The van der Waals surface area contributed by atoms with E-state index in [-0.39, 0.29) is 17.4 Å². The maximum absolute atomic E-state index is 12.8. The summed E-state index contributed by atoms with van der Waals surface area (Å²) in [5, 5.41) is 23.9. The van der Waals surface area contributed by atoms with Crippen LogP contribution in [0.25, 0.3) is 11.3 Å². The fraction of sp³-hybridized carbons (Fsp3) is 0.200. The summed E-state index contributed by atoms with van der Waals surface area (Å²) in [6.45, 7) is 0. The number of fused-ring (bicyclic) bond motifs is 1. The monoisotopic (exact) mass is 392 g/mol. The molecule has 2 aromatic heterocycles. The van der Waals surface area contributed by atoms with Gasteiger partial charge in [-0.25, -0.2) is 0 Å². The summed E-state index contributed by atoms with van der Waals surface area (Å²) in [7, 11) is 0. The normalized spacial score (nSPS) is 18.4. The lowest BCUT2D eigenvalue weighted by atomic mass is 9.78. The topological polar surface area (TPSA) is 101 Å². The first-order valence-electron chi connectivity index (χ1n) is 9.03. The van der Waals surface area contributed by atoms with Gasteiger partial charge < -0.3 is 5.32 Å². The molecule has 1 aliphatic heterocycles. The lowest BCUT2D eigenvalue weighted by molar-refractivity contribution is -0.384. The van der Waals surface area contributed by atoms with Crippen LogP contribution in [0.4, 0.5) is 11.5 Å². The van der Waals surface area contributed by atoms with E-state index in [4.69, 9.17) is 0 Å². The molecule has 0 saturated carbocycles. The van der Waals surface area contributed by atoms with Crippen LogP contribution >= 0.6 is 11.3 Å². The van der Waals surface area contributed by atoms with Crippen molar-refractivity contribution < 1.29 is 9.72 Å². The Labute approximate surface area is 164 Å². The molecule has 3 heterocycles. The summed E-state index contributed by atoms with van der Waals surface area (Å²) < 4.78 is 0. The number of carbonyl (C=O) groups excluding carboxylic acids is 1. The molecular weight excluding hydrogens is 376 g/mol. The molecule has 0 saturated heterocycles. The summed E-state index contributed by atoms with van der Waals surface area (Å²) in [6.07, 6.45) is 2.24. The first-order chi connectivity index (χ1) is 13.6. The number of carbonyl (C=O) groups is 1. The predicted octanol–water partition coefficient (Wildman–Crippen LogP) is 4.61. The summed E-state index contributed by atoms with van der Waals surface area (Å²) >= 11 is 1.62. The maximum atomic E-state index is 12.8. The van der Waals surface area contributed by atoms with Crippen molar-refractivity contribution in [3.05, 3.63) is 73.6 Å². The molecule has 0 bridgehead atoms. The molecule has 1 unspecified atom stereocenters. The fourth-order valence-electron chi connectivity index (χ4n) is 4.05. The third-order valence-corrected chi connectivity index (χ3v) is 6.24. The molecule has 0 fully saturated rings. The van der Waals surface area contributed by atoms with Gasteiger partial charge in [-0.1, -0.05) is 6.07 Å². The molecule has 1 aromatic carbocycles. The van der Waals surface area contributed by atoms with Gasteiger partial charge in [-0.05, 0) is 36.4 Å². The zero-order valence-corrected chi connectivity index (χ0v) is 15.6. The van der Waals surface area contributed by atoms with Crippen molar-refractivity contribution in [2.24, 2.45) is 0 Å². The molecule has 2 aliphatic rings. The van der Waals surface area contributed by atoms with E-state index in [0.717, 1.165) is 51.6 Å². The van der Waals surface area contributed by atoms with Gasteiger partial charge in [0, 0.05) is 45.8 Å². The molecule has 5 rings (SSSR count). The number of rotatable bonds is 3.